The van der Waals surface area contributed by atoms with Gasteiger partial charge in [-0.3, -0.25) is 0 Å². The molecule has 0 fully saturated rings. The first-order valence-electron chi connectivity index (χ1n) is 24.0. The van der Waals surface area contributed by atoms with E-state index in [4.69, 9.17) is 19.5 Å². The molecular weight excluding hydrogens is 951 g/mol. The molecule has 0 N–H and O–H groups in total. The molecule has 0 saturated carbocycles. The van der Waals surface area contributed by atoms with Crippen LogP contribution in [0.2, 0.25) is 0 Å². The normalized spacial score (nSPS) is 16.2. The summed E-state index contributed by atoms with van der Waals surface area (Å²) in [5.41, 5.74) is -2.42. The average Bonchev–Trinajstić information content (AvgIpc) is 3.62. The standard InChI is InChI=1S/C27H22NO.C23H26F6N.Ir/c1-17(2)24-15-25(28-16-18(24)3)23-11-7-10-22-21-13-12-20(14-26(21)29-27(22)23)19-8-5-4-6-9-19;1-14-9-19(30-13-17(14)11-20(2,3)4)15-7-8-16(12-22(24,25)26)18(10-15)21(5,6)23(27,28)29;/h4-10,12-17H,1-3H3;8-10,13H,11-12H2,1-6H3;/q2*-1;/i3D3,17D;1D3,11D2,12D2;. The SMILES string of the molecule is [2H]C([2H])([2H])c1cc(-c2[c-]cc(C([2H])([2H])C(F)(F)F)c(C(C)(C)C(F)(F)F)c2)ncc1C([2H])([2H])C(C)(C)C.[2H]C([2H])([2H])c1cnc(-c2[c-]ccc3c2oc2cc(-c4ccccc4)ccc23)cc1C([2H])(C)C.[Ir]. The van der Waals surface area contributed by atoms with E-state index in [1.54, 1.807) is 19.9 Å². The number of hydrogen-bond donors (Lipinski definition) is 0. The second-order valence-electron chi connectivity index (χ2n) is 15.8. The van der Waals surface area contributed by atoms with E-state index in [9.17, 15) is 26.3 Å². The van der Waals surface area contributed by atoms with Crippen molar-refractivity contribution < 1.29 is 65.9 Å². The Morgan fingerprint density at radius 3 is 2.08 bits per heavy atom. The maximum Gasteiger partial charge on any atom is 0.396 e. The number of nitrogens with zero attached hydrogens (tertiary/aromatic N) is 2. The predicted octanol–water partition coefficient (Wildman–Crippen LogP) is 14.9. The van der Waals surface area contributed by atoms with Crippen LogP contribution in [0, 0.1) is 31.3 Å². The number of halogens is 6. The van der Waals surface area contributed by atoms with E-state index >= 15 is 0 Å². The number of furan rings is 1. The second-order valence-corrected chi connectivity index (χ2v) is 15.8. The molecule has 0 aliphatic carbocycles. The van der Waals surface area contributed by atoms with Crippen LogP contribution in [0.25, 0.3) is 55.6 Å². The van der Waals surface area contributed by atoms with Crippen LogP contribution in [0.5, 0.6) is 0 Å². The van der Waals surface area contributed by atoms with E-state index in [0.717, 1.165) is 39.7 Å². The third kappa shape index (κ3) is 10.4. The topological polar surface area (TPSA) is 38.9 Å². The first kappa shape index (κ1) is 32.9. The molecule has 4 aromatic carbocycles. The third-order valence-electron chi connectivity index (χ3n) is 9.54. The van der Waals surface area contributed by atoms with Gasteiger partial charge in [0.2, 0.25) is 0 Å². The summed E-state index contributed by atoms with van der Waals surface area (Å²) in [7, 11) is 0. The fraction of sp³-hybridized carbons (Fsp3) is 0.320. The van der Waals surface area contributed by atoms with E-state index < -0.39 is 72.2 Å². The Labute approximate surface area is 377 Å². The van der Waals surface area contributed by atoms with Crippen LogP contribution < -0.4 is 0 Å². The molecule has 0 saturated heterocycles. The molecule has 1 radical (unpaired) electrons. The number of benzene rings is 4. The van der Waals surface area contributed by atoms with E-state index in [0.29, 0.717) is 48.4 Å². The van der Waals surface area contributed by atoms with Crippen LogP contribution in [0.4, 0.5) is 26.3 Å². The van der Waals surface area contributed by atoms with E-state index in [2.05, 4.69) is 46.4 Å². The second kappa shape index (κ2) is 17.7. The van der Waals surface area contributed by atoms with Crippen molar-refractivity contribution in [3.8, 4) is 33.6 Å². The van der Waals surface area contributed by atoms with Gasteiger partial charge in [0.15, 0.2) is 0 Å². The fourth-order valence-electron chi connectivity index (χ4n) is 6.42. The third-order valence-corrected chi connectivity index (χ3v) is 9.54. The maximum absolute atomic E-state index is 13.9. The van der Waals surface area contributed by atoms with E-state index in [1.807, 2.05) is 36.4 Å². The molecule has 3 aromatic heterocycles. The quantitative estimate of drug-likeness (QED) is 0.118. The van der Waals surface area contributed by atoms with Crippen molar-refractivity contribution in [1.29, 1.82) is 0 Å². The smallest absolute Gasteiger partial charge is 0.396 e. The van der Waals surface area contributed by atoms with Crippen molar-refractivity contribution in [3.63, 3.8) is 0 Å². The zero-order valence-corrected chi connectivity index (χ0v) is 36.0. The van der Waals surface area contributed by atoms with Gasteiger partial charge in [-0.15, -0.1) is 53.1 Å². The molecule has 7 aromatic rings. The van der Waals surface area contributed by atoms with Crippen molar-refractivity contribution in [3.05, 3.63) is 143 Å². The maximum atomic E-state index is 13.9. The fourth-order valence-corrected chi connectivity index (χ4v) is 6.42. The Kier molecular flexibility index (Phi) is 9.69. The molecule has 0 bridgehead atoms. The Hall–Kier alpha value is -4.79. The monoisotopic (exact) mass is 1010 g/mol. The molecule has 0 aliphatic rings. The molecule has 0 unspecified atom stereocenters. The first-order valence-corrected chi connectivity index (χ1v) is 18.5. The number of alkyl halides is 6. The Balaban J connectivity index is 0.000000261. The molecule has 0 aliphatic heterocycles. The summed E-state index contributed by atoms with van der Waals surface area (Å²) in [6, 6.07) is 29.3. The van der Waals surface area contributed by atoms with Crippen LogP contribution >= 0.6 is 0 Å². The van der Waals surface area contributed by atoms with Crippen LogP contribution in [0.3, 0.4) is 0 Å². The van der Waals surface area contributed by atoms with Crippen molar-refractivity contribution in [2.45, 2.75) is 98.6 Å². The largest absolute Gasteiger partial charge is 0.501 e. The minimum atomic E-state index is -5.54. The summed E-state index contributed by atoms with van der Waals surface area (Å²) < 4.78 is 176. The number of aryl methyl sites for hydroxylation is 2. The van der Waals surface area contributed by atoms with E-state index in [1.165, 1.54) is 27.0 Å². The van der Waals surface area contributed by atoms with Gasteiger partial charge in [-0.25, -0.2) is 0 Å². The molecule has 3 nitrogen and oxygen atoms in total. The van der Waals surface area contributed by atoms with Crippen LogP contribution in [-0.4, -0.2) is 22.3 Å². The number of aromatic nitrogens is 2. The number of rotatable bonds is 7. The number of hydrogen-bond acceptors (Lipinski definition) is 3. The van der Waals surface area contributed by atoms with Crippen LogP contribution in [0.15, 0.2) is 102 Å². The van der Waals surface area contributed by atoms with Gasteiger partial charge in [-0.1, -0.05) is 106 Å². The molecule has 10 heteroatoms. The Morgan fingerprint density at radius 2 is 1.45 bits per heavy atom. The molecule has 60 heavy (non-hydrogen) atoms. The van der Waals surface area contributed by atoms with Gasteiger partial charge in [0, 0.05) is 59.3 Å². The molecule has 7 rings (SSSR count). The van der Waals surface area contributed by atoms with Crippen LogP contribution in [0.1, 0.15) is 103 Å². The summed E-state index contributed by atoms with van der Waals surface area (Å²) in [4.78, 5) is 8.45. The van der Waals surface area contributed by atoms with E-state index in [-0.39, 0.29) is 42.5 Å². The van der Waals surface area contributed by atoms with Crippen molar-refractivity contribution in [2.24, 2.45) is 5.41 Å². The summed E-state index contributed by atoms with van der Waals surface area (Å²) in [5.74, 6) is -1.10. The molecular formula is C50H48F6IrN2O-2. The van der Waals surface area contributed by atoms with Gasteiger partial charge >= 0.3 is 12.4 Å². The van der Waals surface area contributed by atoms with Gasteiger partial charge in [0.05, 0.1) is 11.0 Å². The molecule has 3 heterocycles. The number of pyridine rings is 2. The number of fused-ring (bicyclic) bond motifs is 3. The summed E-state index contributed by atoms with van der Waals surface area (Å²) in [6.45, 7) is 3.96. The van der Waals surface area contributed by atoms with Crippen LogP contribution in [-0.2, 0) is 38.3 Å². The Bertz CT molecular complexity index is 3060. The van der Waals surface area contributed by atoms with Crippen molar-refractivity contribution in [2.75, 3.05) is 0 Å². The summed E-state index contributed by atoms with van der Waals surface area (Å²) in [6.07, 6.45) is -14.7. The Morgan fingerprint density at radius 1 is 0.750 bits per heavy atom. The van der Waals surface area contributed by atoms with Crippen molar-refractivity contribution in [1.82, 2.24) is 9.97 Å². The average molecular weight is 1010 g/mol. The van der Waals surface area contributed by atoms with Gasteiger partial charge in [0.1, 0.15) is 5.58 Å². The van der Waals surface area contributed by atoms with Gasteiger partial charge in [-0.05, 0) is 90.5 Å². The molecule has 0 spiro atoms. The summed E-state index contributed by atoms with van der Waals surface area (Å²) in [5, 5.41) is 1.92. The molecule has 317 valence electrons. The minimum absolute atomic E-state index is 0. The zero-order chi connectivity index (χ0) is 52.6. The molecule has 0 amide bonds. The predicted molar refractivity (Wildman–Crippen MR) is 225 cm³/mol. The minimum Gasteiger partial charge on any atom is -0.501 e. The van der Waals surface area contributed by atoms with Gasteiger partial charge < -0.3 is 14.4 Å². The first-order chi connectivity index (χ1) is 31.8. The summed E-state index contributed by atoms with van der Waals surface area (Å²) >= 11 is 0. The van der Waals surface area contributed by atoms with Gasteiger partial charge in [0.25, 0.3) is 0 Å². The zero-order valence-electron chi connectivity index (χ0n) is 44.6. The van der Waals surface area contributed by atoms with Gasteiger partial charge in [-0.2, -0.15) is 26.3 Å². The molecule has 0 atom stereocenters. The van der Waals surface area contributed by atoms with Crippen molar-refractivity contribution >= 4 is 21.9 Å².